The Morgan fingerprint density at radius 1 is 1.12 bits per heavy atom. The van der Waals surface area contributed by atoms with E-state index in [-0.39, 0.29) is 0 Å². The molecule has 0 atom stereocenters. The van der Waals surface area contributed by atoms with Crippen LogP contribution in [0.2, 0.25) is 0 Å². The molecule has 0 bridgehead atoms. The van der Waals surface area contributed by atoms with Gasteiger partial charge in [0.2, 0.25) is 0 Å². The standard InChI is InChI=1S/C12H19N5/c1-6-10-7(2)15-17(9(10)4)12-11(13)8(3)14-16(12)5/h6,13H2,1-5H3. The van der Waals surface area contributed by atoms with Gasteiger partial charge in [0.15, 0.2) is 5.82 Å². The summed E-state index contributed by atoms with van der Waals surface area (Å²) < 4.78 is 3.67. The molecule has 0 aliphatic heterocycles. The minimum Gasteiger partial charge on any atom is -0.394 e. The third-order valence-corrected chi connectivity index (χ3v) is 3.23. The van der Waals surface area contributed by atoms with Crippen molar-refractivity contribution in [3.05, 3.63) is 22.6 Å². The Labute approximate surface area is 101 Å². The summed E-state index contributed by atoms with van der Waals surface area (Å²) in [5, 5.41) is 8.89. The molecule has 0 unspecified atom stereocenters. The molecule has 0 saturated carbocycles. The van der Waals surface area contributed by atoms with Gasteiger partial charge in [0.05, 0.1) is 17.1 Å². The van der Waals surface area contributed by atoms with Gasteiger partial charge < -0.3 is 5.73 Å². The van der Waals surface area contributed by atoms with E-state index < -0.39 is 0 Å². The van der Waals surface area contributed by atoms with Gasteiger partial charge >= 0.3 is 0 Å². The largest absolute Gasteiger partial charge is 0.394 e. The molecule has 2 rings (SSSR count). The summed E-state index contributed by atoms with van der Waals surface area (Å²) in [5.41, 5.74) is 11.1. The van der Waals surface area contributed by atoms with Crippen molar-refractivity contribution in [2.24, 2.45) is 7.05 Å². The van der Waals surface area contributed by atoms with E-state index in [1.54, 1.807) is 4.68 Å². The summed E-state index contributed by atoms with van der Waals surface area (Å²) >= 11 is 0. The zero-order chi connectivity index (χ0) is 12.7. The van der Waals surface area contributed by atoms with Gasteiger partial charge in [-0.25, -0.2) is 9.36 Å². The number of rotatable bonds is 2. The lowest BCUT2D eigenvalue weighted by atomic mass is 10.1. The van der Waals surface area contributed by atoms with Gasteiger partial charge in [-0.15, -0.1) is 0 Å². The third kappa shape index (κ3) is 1.62. The Kier molecular flexibility index (Phi) is 2.69. The van der Waals surface area contributed by atoms with Gasteiger partial charge in [-0.3, -0.25) is 0 Å². The molecule has 0 amide bonds. The molecule has 0 aromatic carbocycles. The number of hydrogen-bond donors (Lipinski definition) is 1. The van der Waals surface area contributed by atoms with Crippen molar-refractivity contribution in [1.29, 1.82) is 0 Å². The maximum Gasteiger partial charge on any atom is 0.175 e. The van der Waals surface area contributed by atoms with Crippen LogP contribution in [0.15, 0.2) is 0 Å². The van der Waals surface area contributed by atoms with E-state index in [9.17, 15) is 0 Å². The first kappa shape index (κ1) is 11.7. The second-order valence-corrected chi connectivity index (χ2v) is 4.36. The predicted molar refractivity (Wildman–Crippen MR) is 68.3 cm³/mol. The Morgan fingerprint density at radius 3 is 2.18 bits per heavy atom. The number of aryl methyl sites for hydroxylation is 3. The first-order chi connectivity index (χ1) is 7.97. The highest BCUT2D eigenvalue weighted by Crippen LogP contribution is 2.24. The molecule has 2 heterocycles. The van der Waals surface area contributed by atoms with Gasteiger partial charge in [-0.05, 0) is 32.8 Å². The molecule has 17 heavy (non-hydrogen) atoms. The predicted octanol–water partition coefficient (Wildman–Crippen LogP) is 1.68. The Hall–Kier alpha value is -1.78. The highest BCUT2D eigenvalue weighted by atomic mass is 15.4. The van der Waals surface area contributed by atoms with Crippen LogP contribution >= 0.6 is 0 Å². The topological polar surface area (TPSA) is 61.7 Å². The molecule has 2 N–H and O–H groups in total. The van der Waals surface area contributed by atoms with E-state index in [0.717, 1.165) is 29.3 Å². The molecule has 5 nitrogen and oxygen atoms in total. The van der Waals surface area contributed by atoms with Crippen molar-refractivity contribution in [2.75, 3.05) is 5.73 Å². The van der Waals surface area contributed by atoms with Gasteiger partial charge in [0.25, 0.3) is 0 Å². The maximum atomic E-state index is 6.06. The third-order valence-electron chi connectivity index (χ3n) is 3.23. The molecule has 0 saturated heterocycles. The van der Waals surface area contributed by atoms with E-state index in [1.165, 1.54) is 5.56 Å². The molecular formula is C12H19N5. The van der Waals surface area contributed by atoms with Crippen LogP contribution < -0.4 is 5.73 Å². The van der Waals surface area contributed by atoms with Crippen LogP contribution in [0.25, 0.3) is 5.82 Å². The zero-order valence-corrected chi connectivity index (χ0v) is 11.1. The average Bonchev–Trinajstić information content (AvgIpc) is 2.66. The minimum absolute atomic E-state index is 0.695. The van der Waals surface area contributed by atoms with Gasteiger partial charge in [-0.2, -0.15) is 10.2 Å². The lowest BCUT2D eigenvalue weighted by Crippen LogP contribution is -2.08. The molecule has 5 heteroatoms. The first-order valence-electron chi connectivity index (χ1n) is 5.81. The van der Waals surface area contributed by atoms with Gasteiger partial charge in [0.1, 0.15) is 0 Å². The van der Waals surface area contributed by atoms with Crippen LogP contribution in [0, 0.1) is 20.8 Å². The zero-order valence-electron chi connectivity index (χ0n) is 11.1. The number of nitrogen functional groups attached to an aromatic ring is 1. The lowest BCUT2D eigenvalue weighted by Gasteiger charge is -2.06. The Bertz CT molecular complexity index is 562. The van der Waals surface area contributed by atoms with E-state index in [2.05, 4.69) is 24.0 Å². The summed E-state index contributed by atoms with van der Waals surface area (Å²) in [6, 6.07) is 0. The number of hydrogen-bond acceptors (Lipinski definition) is 3. The summed E-state index contributed by atoms with van der Waals surface area (Å²) in [6.07, 6.45) is 0.981. The highest BCUT2D eigenvalue weighted by molar-refractivity contribution is 5.57. The molecule has 92 valence electrons. The number of aromatic nitrogens is 4. The lowest BCUT2D eigenvalue weighted by molar-refractivity contribution is 0.683. The van der Waals surface area contributed by atoms with Crippen LogP contribution in [0.3, 0.4) is 0 Å². The fourth-order valence-electron chi connectivity index (χ4n) is 2.31. The van der Waals surface area contributed by atoms with E-state index in [1.807, 2.05) is 25.6 Å². The second-order valence-electron chi connectivity index (χ2n) is 4.36. The fourth-order valence-corrected chi connectivity index (χ4v) is 2.31. The SMILES string of the molecule is CCc1c(C)nn(-c2c(N)c(C)nn2C)c1C. The molecular weight excluding hydrogens is 214 g/mol. The van der Waals surface area contributed by atoms with E-state index >= 15 is 0 Å². The van der Waals surface area contributed by atoms with Crippen LogP contribution in [-0.4, -0.2) is 19.6 Å². The molecule has 0 aliphatic rings. The molecule has 0 spiro atoms. The molecule has 0 radical (unpaired) electrons. The van der Waals surface area contributed by atoms with Crippen molar-refractivity contribution in [1.82, 2.24) is 19.6 Å². The quantitative estimate of drug-likeness (QED) is 0.858. The highest BCUT2D eigenvalue weighted by Gasteiger charge is 2.17. The number of anilines is 1. The second kappa shape index (κ2) is 3.91. The van der Waals surface area contributed by atoms with Gasteiger partial charge in [0, 0.05) is 12.7 Å². The van der Waals surface area contributed by atoms with Crippen LogP contribution in [0.1, 0.15) is 29.6 Å². The van der Waals surface area contributed by atoms with Gasteiger partial charge in [-0.1, -0.05) is 6.92 Å². The molecule has 0 aliphatic carbocycles. The van der Waals surface area contributed by atoms with E-state index in [0.29, 0.717) is 5.69 Å². The average molecular weight is 233 g/mol. The summed E-state index contributed by atoms with van der Waals surface area (Å²) in [7, 11) is 1.89. The molecule has 0 fully saturated rings. The van der Waals surface area contributed by atoms with E-state index in [4.69, 9.17) is 5.73 Å². The summed E-state index contributed by atoms with van der Waals surface area (Å²) in [6.45, 7) is 8.15. The van der Waals surface area contributed by atoms with Crippen molar-refractivity contribution in [2.45, 2.75) is 34.1 Å². The smallest absolute Gasteiger partial charge is 0.175 e. The van der Waals surface area contributed by atoms with Crippen molar-refractivity contribution < 1.29 is 0 Å². The van der Waals surface area contributed by atoms with Crippen LogP contribution in [0.4, 0.5) is 5.69 Å². The van der Waals surface area contributed by atoms with Crippen molar-refractivity contribution in [3.63, 3.8) is 0 Å². The Balaban J connectivity index is 2.69. The number of nitrogens with two attached hydrogens (primary N) is 1. The molecule has 2 aromatic rings. The van der Waals surface area contributed by atoms with Crippen molar-refractivity contribution in [3.8, 4) is 5.82 Å². The van der Waals surface area contributed by atoms with Crippen LogP contribution in [-0.2, 0) is 13.5 Å². The number of nitrogens with zero attached hydrogens (tertiary/aromatic N) is 4. The van der Waals surface area contributed by atoms with Crippen molar-refractivity contribution >= 4 is 5.69 Å². The first-order valence-corrected chi connectivity index (χ1v) is 5.81. The summed E-state index contributed by atoms with van der Waals surface area (Å²) in [4.78, 5) is 0. The Morgan fingerprint density at radius 2 is 1.76 bits per heavy atom. The van der Waals surface area contributed by atoms with Crippen LogP contribution in [0.5, 0.6) is 0 Å². The summed E-state index contributed by atoms with van der Waals surface area (Å²) in [5.74, 6) is 0.850. The minimum atomic E-state index is 0.695. The molecule has 2 aromatic heterocycles. The normalized spacial score (nSPS) is 11.1. The maximum absolute atomic E-state index is 6.06. The monoisotopic (exact) mass is 233 g/mol. The fraction of sp³-hybridized carbons (Fsp3) is 0.500.